The lowest BCUT2D eigenvalue weighted by Crippen LogP contribution is -2.16. The van der Waals surface area contributed by atoms with Crippen molar-refractivity contribution in [3.8, 4) is 0 Å². The van der Waals surface area contributed by atoms with Gasteiger partial charge in [-0.1, -0.05) is 6.07 Å². The van der Waals surface area contributed by atoms with Crippen molar-refractivity contribution in [3.05, 3.63) is 34.3 Å². The first-order chi connectivity index (χ1) is 8.13. The molecule has 1 aromatic carbocycles. The molecule has 0 bridgehead atoms. The summed E-state index contributed by atoms with van der Waals surface area (Å²) in [7, 11) is 0. The molecule has 0 atom stereocenters. The molecule has 0 aliphatic heterocycles. The number of aromatic nitrogens is 1. The van der Waals surface area contributed by atoms with E-state index in [1.807, 2.05) is 32.0 Å². The van der Waals surface area contributed by atoms with Crippen LogP contribution in [0.2, 0.25) is 0 Å². The number of hydrogen-bond acceptors (Lipinski definition) is 4. The van der Waals surface area contributed by atoms with Crippen LogP contribution in [0.5, 0.6) is 0 Å². The third-order valence-electron chi connectivity index (χ3n) is 2.70. The monoisotopic (exact) mass is 236 g/mol. The lowest BCUT2D eigenvalue weighted by Gasteiger charge is -2.06. The third-order valence-corrected chi connectivity index (χ3v) is 2.70. The summed E-state index contributed by atoms with van der Waals surface area (Å²) in [5.74, 6) is 4.68. The summed E-state index contributed by atoms with van der Waals surface area (Å²) in [4.78, 5) is 16.2. The van der Waals surface area contributed by atoms with Crippen LogP contribution >= 0.6 is 0 Å². The molecule has 17 heavy (non-hydrogen) atoms. The summed E-state index contributed by atoms with van der Waals surface area (Å²) in [6, 6.07) is 5.74. The van der Waals surface area contributed by atoms with E-state index < -0.39 is 0 Å². The van der Waals surface area contributed by atoms with Gasteiger partial charge in [0.05, 0.1) is 12.1 Å². The summed E-state index contributed by atoms with van der Waals surface area (Å²) in [5, 5.41) is 0. The molecule has 2 aromatic rings. The quantitative estimate of drug-likeness (QED) is 0.819. The molecule has 5 nitrogen and oxygen atoms in total. The predicted molar refractivity (Wildman–Crippen MR) is 64.7 cm³/mol. The highest BCUT2D eigenvalue weighted by molar-refractivity contribution is 5.74. The first kappa shape index (κ1) is 11.9. The first-order valence-electron chi connectivity index (χ1n) is 5.59. The molecule has 0 unspecified atom stereocenters. The number of benzene rings is 1. The van der Waals surface area contributed by atoms with E-state index in [0.29, 0.717) is 18.6 Å². The lowest BCUT2D eigenvalue weighted by molar-refractivity contribution is 0.141. The molecule has 0 radical (unpaired) electrons. The highest BCUT2D eigenvalue weighted by Gasteiger charge is 2.12. The van der Waals surface area contributed by atoms with Crippen LogP contribution in [0, 0.1) is 0 Å². The number of nitrogens with zero attached hydrogens (tertiary/aromatic N) is 1. The summed E-state index contributed by atoms with van der Waals surface area (Å²) in [6.45, 7) is 4.35. The van der Waals surface area contributed by atoms with Gasteiger partial charge in [-0.3, -0.25) is 4.57 Å². The minimum Gasteiger partial charge on any atom is -0.408 e. The van der Waals surface area contributed by atoms with Crippen molar-refractivity contribution >= 4 is 11.1 Å². The van der Waals surface area contributed by atoms with Crippen molar-refractivity contribution in [2.45, 2.75) is 26.3 Å². The molecule has 1 aromatic heterocycles. The van der Waals surface area contributed by atoms with Crippen molar-refractivity contribution in [2.75, 3.05) is 6.61 Å². The van der Waals surface area contributed by atoms with Crippen LogP contribution in [0.3, 0.4) is 0 Å². The molecule has 0 spiro atoms. The highest BCUT2D eigenvalue weighted by atomic mass is 16.6. The standard InChI is InChI=1S/C12H16N2O3/c1-8(2)14-10-7-9(5-6-16-13)3-4-11(10)17-12(14)15/h3-4,7-8H,5-6,13H2,1-2H3. The van der Waals surface area contributed by atoms with Gasteiger partial charge in [-0.25, -0.2) is 10.7 Å². The molecule has 2 rings (SSSR count). The van der Waals surface area contributed by atoms with Gasteiger partial charge in [-0.15, -0.1) is 0 Å². The average molecular weight is 236 g/mol. The number of nitrogens with two attached hydrogens (primary N) is 1. The van der Waals surface area contributed by atoms with Crippen molar-refractivity contribution < 1.29 is 9.25 Å². The molecule has 2 N–H and O–H groups in total. The minimum absolute atomic E-state index is 0.0739. The van der Waals surface area contributed by atoms with Gasteiger partial charge >= 0.3 is 5.76 Å². The summed E-state index contributed by atoms with van der Waals surface area (Å²) in [5.41, 5.74) is 2.50. The zero-order valence-corrected chi connectivity index (χ0v) is 9.97. The minimum atomic E-state index is -0.317. The zero-order chi connectivity index (χ0) is 12.4. The van der Waals surface area contributed by atoms with Crippen LogP contribution in [0.1, 0.15) is 25.5 Å². The molecule has 92 valence electrons. The van der Waals surface area contributed by atoms with E-state index in [0.717, 1.165) is 11.1 Å². The van der Waals surface area contributed by atoms with Crippen molar-refractivity contribution in [1.29, 1.82) is 0 Å². The van der Waals surface area contributed by atoms with Crippen LogP contribution in [0.25, 0.3) is 11.1 Å². The van der Waals surface area contributed by atoms with Crippen LogP contribution in [0.4, 0.5) is 0 Å². The molecular formula is C12H16N2O3. The maximum Gasteiger partial charge on any atom is 0.420 e. The van der Waals surface area contributed by atoms with Gasteiger partial charge in [-0.05, 0) is 38.0 Å². The molecule has 0 aliphatic carbocycles. The molecule has 0 saturated carbocycles. The molecule has 0 aliphatic rings. The average Bonchev–Trinajstić information content (AvgIpc) is 2.61. The number of hydrogen-bond donors (Lipinski definition) is 1. The van der Waals surface area contributed by atoms with E-state index in [1.54, 1.807) is 4.57 Å². The van der Waals surface area contributed by atoms with Crippen molar-refractivity contribution in [3.63, 3.8) is 0 Å². The Balaban J connectivity index is 2.51. The molecule has 0 saturated heterocycles. The number of oxazole rings is 1. The van der Waals surface area contributed by atoms with E-state index in [-0.39, 0.29) is 11.8 Å². The fraction of sp³-hybridized carbons (Fsp3) is 0.417. The summed E-state index contributed by atoms with van der Waals surface area (Å²) in [6.07, 6.45) is 0.712. The van der Waals surface area contributed by atoms with E-state index >= 15 is 0 Å². The van der Waals surface area contributed by atoms with E-state index in [2.05, 4.69) is 4.84 Å². The Bertz CT molecular complexity index is 569. The van der Waals surface area contributed by atoms with Crippen LogP contribution < -0.4 is 11.7 Å². The van der Waals surface area contributed by atoms with Gasteiger partial charge in [0, 0.05) is 6.04 Å². The Kier molecular flexibility index (Phi) is 3.31. The summed E-state index contributed by atoms with van der Waals surface area (Å²) >= 11 is 0. The Hall–Kier alpha value is -1.59. The zero-order valence-electron chi connectivity index (χ0n) is 9.97. The van der Waals surface area contributed by atoms with Crippen molar-refractivity contribution in [2.24, 2.45) is 5.90 Å². The Morgan fingerprint density at radius 3 is 2.88 bits per heavy atom. The Labute approximate surface area is 98.7 Å². The van der Waals surface area contributed by atoms with Gasteiger partial charge in [-0.2, -0.15) is 0 Å². The predicted octanol–water partition coefficient (Wildman–Crippen LogP) is 1.61. The second-order valence-corrected chi connectivity index (χ2v) is 4.25. The molecular weight excluding hydrogens is 220 g/mol. The molecule has 1 heterocycles. The lowest BCUT2D eigenvalue weighted by atomic mass is 10.1. The van der Waals surface area contributed by atoms with Crippen LogP contribution in [0.15, 0.2) is 27.4 Å². The topological polar surface area (TPSA) is 70.4 Å². The van der Waals surface area contributed by atoms with Gasteiger partial charge in [0.1, 0.15) is 0 Å². The molecule has 5 heteroatoms. The Morgan fingerprint density at radius 2 is 2.24 bits per heavy atom. The van der Waals surface area contributed by atoms with Crippen molar-refractivity contribution in [1.82, 2.24) is 4.57 Å². The number of rotatable bonds is 4. The largest absolute Gasteiger partial charge is 0.420 e. The second kappa shape index (κ2) is 4.73. The Morgan fingerprint density at radius 1 is 1.47 bits per heavy atom. The first-order valence-corrected chi connectivity index (χ1v) is 5.59. The van der Waals surface area contributed by atoms with E-state index in [1.165, 1.54) is 0 Å². The molecule has 0 fully saturated rings. The SMILES string of the molecule is CC(C)n1c(=O)oc2ccc(CCON)cc21. The van der Waals surface area contributed by atoms with Crippen LogP contribution in [-0.4, -0.2) is 11.2 Å². The smallest absolute Gasteiger partial charge is 0.408 e. The molecule has 0 amide bonds. The van der Waals surface area contributed by atoms with Gasteiger partial charge in [0.15, 0.2) is 5.58 Å². The normalized spacial score (nSPS) is 11.5. The summed E-state index contributed by atoms with van der Waals surface area (Å²) < 4.78 is 6.81. The second-order valence-electron chi connectivity index (χ2n) is 4.25. The van der Waals surface area contributed by atoms with E-state index in [4.69, 9.17) is 10.3 Å². The number of fused-ring (bicyclic) bond motifs is 1. The highest BCUT2D eigenvalue weighted by Crippen LogP contribution is 2.18. The van der Waals surface area contributed by atoms with Gasteiger partial charge in [0.2, 0.25) is 0 Å². The third kappa shape index (κ3) is 2.25. The van der Waals surface area contributed by atoms with Crippen LogP contribution in [-0.2, 0) is 11.3 Å². The van der Waals surface area contributed by atoms with E-state index in [9.17, 15) is 4.79 Å². The fourth-order valence-electron chi connectivity index (χ4n) is 1.90. The van der Waals surface area contributed by atoms with Gasteiger partial charge in [0.25, 0.3) is 0 Å². The maximum atomic E-state index is 11.7. The van der Waals surface area contributed by atoms with Gasteiger partial charge < -0.3 is 9.25 Å². The maximum absolute atomic E-state index is 11.7. The fourth-order valence-corrected chi connectivity index (χ4v) is 1.90.